The Labute approximate surface area is 86.8 Å². The van der Waals surface area contributed by atoms with Crippen LogP contribution in [0.25, 0.3) is 0 Å². The third kappa shape index (κ3) is 2.71. The maximum atomic E-state index is 3.77. The van der Waals surface area contributed by atoms with Gasteiger partial charge in [0.15, 0.2) is 0 Å². The Bertz CT molecular complexity index is 274. The predicted octanol–water partition coefficient (Wildman–Crippen LogP) is 3.09. The van der Waals surface area contributed by atoms with Gasteiger partial charge in [-0.2, -0.15) is 0 Å². The lowest BCUT2D eigenvalue weighted by Gasteiger charge is -2.14. The van der Waals surface area contributed by atoms with Crippen molar-refractivity contribution in [3.63, 3.8) is 0 Å². The summed E-state index contributed by atoms with van der Waals surface area (Å²) in [5, 5.41) is 3.29. The second-order valence-corrected chi connectivity index (χ2v) is 3.46. The first-order chi connectivity index (χ1) is 6.81. The molecule has 0 saturated heterocycles. The largest absolute Gasteiger partial charge is 0.313 e. The Morgan fingerprint density at radius 3 is 2.43 bits per heavy atom. The molecule has 0 aliphatic heterocycles. The highest BCUT2D eigenvalue weighted by Crippen LogP contribution is 2.17. The Morgan fingerprint density at radius 1 is 1.36 bits per heavy atom. The van der Waals surface area contributed by atoms with Crippen LogP contribution in [-0.4, -0.2) is 7.05 Å². The summed E-state index contributed by atoms with van der Waals surface area (Å²) >= 11 is 0. The van der Waals surface area contributed by atoms with Gasteiger partial charge in [-0.05, 0) is 31.0 Å². The molecule has 1 unspecified atom stereocenters. The second kappa shape index (κ2) is 5.61. The van der Waals surface area contributed by atoms with E-state index in [-0.39, 0.29) is 0 Å². The summed E-state index contributed by atoms with van der Waals surface area (Å²) in [6, 6.07) is 9.19. The van der Waals surface area contributed by atoms with Crippen molar-refractivity contribution in [2.45, 2.75) is 25.8 Å². The van der Waals surface area contributed by atoms with Crippen LogP contribution >= 0.6 is 0 Å². The summed E-state index contributed by atoms with van der Waals surface area (Å²) in [5.41, 5.74) is 2.73. The molecule has 1 aromatic carbocycles. The zero-order chi connectivity index (χ0) is 10.4. The monoisotopic (exact) mass is 189 g/mol. The zero-order valence-corrected chi connectivity index (χ0v) is 9.09. The van der Waals surface area contributed by atoms with Crippen molar-refractivity contribution in [1.29, 1.82) is 0 Å². The molecule has 1 heteroatoms. The molecule has 1 rings (SSSR count). The SMILES string of the molecule is C=CCC(NC)c1ccc(CC)cc1. The molecule has 1 nitrogen and oxygen atoms in total. The molecule has 0 heterocycles. The van der Waals surface area contributed by atoms with Gasteiger partial charge in [0, 0.05) is 6.04 Å². The topological polar surface area (TPSA) is 12.0 Å². The van der Waals surface area contributed by atoms with Crippen LogP contribution in [0.3, 0.4) is 0 Å². The third-order valence-corrected chi connectivity index (χ3v) is 2.54. The van der Waals surface area contributed by atoms with Crippen molar-refractivity contribution in [3.05, 3.63) is 48.0 Å². The van der Waals surface area contributed by atoms with E-state index in [1.807, 2.05) is 13.1 Å². The van der Waals surface area contributed by atoms with Gasteiger partial charge >= 0.3 is 0 Å². The van der Waals surface area contributed by atoms with E-state index in [0.29, 0.717) is 6.04 Å². The van der Waals surface area contributed by atoms with Crippen LogP contribution in [0.5, 0.6) is 0 Å². The maximum Gasteiger partial charge on any atom is 0.0352 e. The molecule has 0 aliphatic carbocycles. The zero-order valence-electron chi connectivity index (χ0n) is 9.09. The van der Waals surface area contributed by atoms with E-state index in [1.165, 1.54) is 11.1 Å². The van der Waals surface area contributed by atoms with E-state index in [0.717, 1.165) is 12.8 Å². The van der Waals surface area contributed by atoms with Crippen molar-refractivity contribution in [3.8, 4) is 0 Å². The fraction of sp³-hybridized carbons (Fsp3) is 0.385. The first kappa shape index (κ1) is 11.0. The second-order valence-electron chi connectivity index (χ2n) is 3.46. The smallest absolute Gasteiger partial charge is 0.0352 e. The minimum Gasteiger partial charge on any atom is -0.313 e. The average Bonchev–Trinajstić information content (AvgIpc) is 2.26. The molecular weight excluding hydrogens is 170 g/mol. The van der Waals surface area contributed by atoms with E-state index in [1.54, 1.807) is 0 Å². The highest BCUT2D eigenvalue weighted by atomic mass is 14.9. The Balaban J connectivity index is 2.77. The minimum atomic E-state index is 0.401. The van der Waals surface area contributed by atoms with Crippen molar-refractivity contribution < 1.29 is 0 Å². The molecule has 0 aliphatic rings. The lowest BCUT2D eigenvalue weighted by atomic mass is 10.0. The number of nitrogens with one attached hydrogen (secondary N) is 1. The number of hydrogen-bond acceptors (Lipinski definition) is 1. The van der Waals surface area contributed by atoms with Crippen molar-refractivity contribution in [1.82, 2.24) is 5.32 Å². The van der Waals surface area contributed by atoms with E-state index >= 15 is 0 Å². The van der Waals surface area contributed by atoms with Crippen LogP contribution < -0.4 is 5.32 Å². The number of aryl methyl sites for hydroxylation is 1. The van der Waals surface area contributed by atoms with Gasteiger partial charge in [-0.3, -0.25) is 0 Å². The molecule has 0 amide bonds. The van der Waals surface area contributed by atoms with Crippen LogP contribution in [0.2, 0.25) is 0 Å². The molecule has 1 atom stereocenters. The molecule has 0 bridgehead atoms. The van der Waals surface area contributed by atoms with Gasteiger partial charge < -0.3 is 5.32 Å². The van der Waals surface area contributed by atoms with Gasteiger partial charge in [0.25, 0.3) is 0 Å². The summed E-state index contributed by atoms with van der Waals surface area (Å²) < 4.78 is 0. The predicted molar refractivity (Wildman–Crippen MR) is 62.4 cm³/mol. The highest BCUT2D eigenvalue weighted by molar-refractivity contribution is 5.25. The Kier molecular flexibility index (Phi) is 4.41. The van der Waals surface area contributed by atoms with Crippen molar-refractivity contribution in [2.75, 3.05) is 7.05 Å². The quantitative estimate of drug-likeness (QED) is 0.702. The molecule has 76 valence electrons. The normalized spacial score (nSPS) is 12.4. The van der Waals surface area contributed by atoms with Crippen molar-refractivity contribution >= 4 is 0 Å². The maximum absolute atomic E-state index is 3.77. The first-order valence-electron chi connectivity index (χ1n) is 5.18. The number of rotatable bonds is 5. The van der Waals surface area contributed by atoms with Gasteiger partial charge in [-0.15, -0.1) is 6.58 Å². The molecule has 0 aromatic heterocycles. The summed E-state index contributed by atoms with van der Waals surface area (Å²) in [7, 11) is 1.99. The van der Waals surface area contributed by atoms with E-state index < -0.39 is 0 Å². The average molecular weight is 189 g/mol. The molecule has 0 fully saturated rings. The Morgan fingerprint density at radius 2 is 2.00 bits per heavy atom. The van der Waals surface area contributed by atoms with Gasteiger partial charge in [-0.1, -0.05) is 37.3 Å². The number of hydrogen-bond donors (Lipinski definition) is 1. The molecule has 0 saturated carbocycles. The number of benzene rings is 1. The first-order valence-corrected chi connectivity index (χ1v) is 5.18. The summed E-state index contributed by atoms with van der Waals surface area (Å²) in [6.07, 6.45) is 4.03. The van der Waals surface area contributed by atoms with E-state index in [4.69, 9.17) is 0 Å². The van der Waals surface area contributed by atoms with Crippen molar-refractivity contribution in [2.24, 2.45) is 0 Å². The molecule has 0 radical (unpaired) electrons. The van der Waals surface area contributed by atoms with E-state index in [9.17, 15) is 0 Å². The van der Waals surface area contributed by atoms with Gasteiger partial charge in [-0.25, -0.2) is 0 Å². The molecule has 0 spiro atoms. The summed E-state index contributed by atoms with van der Waals surface area (Å²) in [4.78, 5) is 0. The fourth-order valence-corrected chi connectivity index (χ4v) is 1.57. The molecular formula is C13H19N. The standard InChI is InChI=1S/C13H19N/c1-4-6-13(14-3)12-9-7-11(5-2)8-10-12/h4,7-10,13-14H,1,5-6H2,2-3H3. The highest BCUT2D eigenvalue weighted by Gasteiger charge is 2.05. The molecule has 1 aromatic rings. The lowest BCUT2D eigenvalue weighted by molar-refractivity contribution is 0.603. The van der Waals surface area contributed by atoms with Crippen LogP contribution in [0.4, 0.5) is 0 Å². The molecule has 14 heavy (non-hydrogen) atoms. The minimum absolute atomic E-state index is 0.401. The van der Waals surface area contributed by atoms with Crippen LogP contribution in [-0.2, 0) is 6.42 Å². The van der Waals surface area contributed by atoms with Crippen LogP contribution in [0.1, 0.15) is 30.5 Å². The van der Waals surface area contributed by atoms with Gasteiger partial charge in [0.2, 0.25) is 0 Å². The van der Waals surface area contributed by atoms with Gasteiger partial charge in [0.1, 0.15) is 0 Å². The summed E-state index contributed by atoms with van der Waals surface area (Å²) in [6.45, 7) is 5.94. The third-order valence-electron chi connectivity index (χ3n) is 2.54. The van der Waals surface area contributed by atoms with Gasteiger partial charge in [0.05, 0.1) is 0 Å². The van der Waals surface area contributed by atoms with Crippen LogP contribution in [0, 0.1) is 0 Å². The molecule has 1 N–H and O–H groups in total. The fourth-order valence-electron chi connectivity index (χ4n) is 1.57. The Hall–Kier alpha value is -1.08. The van der Waals surface area contributed by atoms with E-state index in [2.05, 4.69) is 43.1 Å². The summed E-state index contributed by atoms with van der Waals surface area (Å²) in [5.74, 6) is 0. The van der Waals surface area contributed by atoms with Crippen LogP contribution in [0.15, 0.2) is 36.9 Å². The lowest BCUT2D eigenvalue weighted by Crippen LogP contribution is -2.15.